The number of hydrogen-bond acceptors (Lipinski definition) is 7. The van der Waals surface area contributed by atoms with Crippen LogP contribution in [-0.2, 0) is 0 Å². The van der Waals surface area contributed by atoms with Crippen LogP contribution in [0.25, 0.3) is 0 Å². The number of nitrogens with one attached hydrogen (secondary N) is 1. The van der Waals surface area contributed by atoms with Crippen molar-refractivity contribution in [2.75, 3.05) is 57.1 Å². The van der Waals surface area contributed by atoms with Crippen LogP contribution in [0.5, 0.6) is 6.01 Å². The van der Waals surface area contributed by atoms with E-state index < -0.39 is 0 Å². The third kappa shape index (κ3) is 4.19. The molecular formula is C13H24N6O. The molecule has 0 bridgehead atoms. The molecular weight excluding hydrogens is 256 g/mol. The first-order valence-corrected chi connectivity index (χ1v) is 7.21. The average Bonchev–Trinajstić information content (AvgIpc) is 2.92. The van der Waals surface area contributed by atoms with Crippen LogP contribution in [0, 0.1) is 0 Å². The summed E-state index contributed by atoms with van der Waals surface area (Å²) >= 11 is 0. The summed E-state index contributed by atoms with van der Waals surface area (Å²) in [5.74, 6) is 1.30. The van der Waals surface area contributed by atoms with Gasteiger partial charge in [-0.25, -0.2) is 0 Å². The highest BCUT2D eigenvalue weighted by Crippen LogP contribution is 2.19. The zero-order valence-corrected chi connectivity index (χ0v) is 12.6. The van der Waals surface area contributed by atoms with Gasteiger partial charge in [-0.05, 0) is 33.9 Å². The second-order valence-corrected chi connectivity index (χ2v) is 5.12. The highest BCUT2D eigenvalue weighted by atomic mass is 16.5. The van der Waals surface area contributed by atoms with Crippen LogP contribution < -0.4 is 15.0 Å². The molecule has 1 aromatic heterocycles. The minimum absolute atomic E-state index is 0.402. The van der Waals surface area contributed by atoms with Crippen molar-refractivity contribution in [1.29, 1.82) is 0 Å². The maximum absolute atomic E-state index is 5.63. The van der Waals surface area contributed by atoms with Gasteiger partial charge in [-0.2, -0.15) is 15.0 Å². The Hall–Kier alpha value is -1.63. The number of ether oxygens (including phenoxy) is 1. The molecule has 1 saturated heterocycles. The number of hydrogen-bond donors (Lipinski definition) is 1. The Bertz CT molecular complexity index is 419. The Morgan fingerprint density at radius 1 is 1.20 bits per heavy atom. The molecule has 1 aliphatic rings. The number of nitrogens with zero attached hydrogens (tertiary/aromatic N) is 5. The van der Waals surface area contributed by atoms with E-state index in [1.165, 1.54) is 12.8 Å². The summed E-state index contributed by atoms with van der Waals surface area (Å²) in [6.45, 7) is 6.22. The predicted molar refractivity (Wildman–Crippen MR) is 79.5 cm³/mol. The van der Waals surface area contributed by atoms with E-state index in [1.54, 1.807) is 0 Å². The van der Waals surface area contributed by atoms with Crippen molar-refractivity contribution in [3.8, 4) is 6.01 Å². The van der Waals surface area contributed by atoms with E-state index in [2.05, 4.69) is 30.1 Å². The molecule has 0 aromatic carbocycles. The van der Waals surface area contributed by atoms with Crippen molar-refractivity contribution in [2.24, 2.45) is 0 Å². The highest BCUT2D eigenvalue weighted by molar-refractivity contribution is 5.39. The van der Waals surface area contributed by atoms with E-state index in [-0.39, 0.29) is 0 Å². The number of likely N-dealkylation sites (N-methyl/N-ethyl adjacent to an activating group) is 1. The lowest BCUT2D eigenvalue weighted by Crippen LogP contribution is -2.23. The van der Waals surface area contributed by atoms with Crippen LogP contribution in [-0.4, -0.2) is 66.7 Å². The molecule has 0 saturated carbocycles. The van der Waals surface area contributed by atoms with Gasteiger partial charge in [0.25, 0.3) is 0 Å². The Morgan fingerprint density at radius 3 is 2.60 bits per heavy atom. The molecule has 0 amide bonds. The first-order chi connectivity index (χ1) is 9.69. The molecule has 0 atom stereocenters. The number of anilines is 2. The van der Waals surface area contributed by atoms with Crippen LogP contribution >= 0.6 is 0 Å². The molecule has 112 valence electrons. The molecule has 0 radical (unpaired) electrons. The van der Waals surface area contributed by atoms with Gasteiger partial charge in [-0.15, -0.1) is 0 Å². The van der Waals surface area contributed by atoms with Crippen molar-refractivity contribution >= 4 is 11.9 Å². The Labute approximate surface area is 120 Å². The molecule has 1 aromatic rings. The SMILES string of the molecule is CCNc1nc(OCCN(C)C)nc(N2CCCC2)n1. The second kappa shape index (κ2) is 7.23. The van der Waals surface area contributed by atoms with Crippen LogP contribution in [0.4, 0.5) is 11.9 Å². The van der Waals surface area contributed by atoms with E-state index in [1.807, 2.05) is 21.0 Å². The van der Waals surface area contributed by atoms with Crippen LogP contribution in [0.2, 0.25) is 0 Å². The van der Waals surface area contributed by atoms with Crippen molar-refractivity contribution in [2.45, 2.75) is 19.8 Å². The average molecular weight is 280 g/mol. The summed E-state index contributed by atoms with van der Waals surface area (Å²) < 4.78 is 5.63. The minimum atomic E-state index is 0.402. The molecule has 0 aliphatic carbocycles. The lowest BCUT2D eigenvalue weighted by Gasteiger charge is -2.17. The van der Waals surface area contributed by atoms with Crippen LogP contribution in [0.3, 0.4) is 0 Å². The largest absolute Gasteiger partial charge is 0.462 e. The molecule has 1 fully saturated rings. The summed E-state index contributed by atoms with van der Waals surface area (Å²) in [5, 5.41) is 3.13. The monoisotopic (exact) mass is 280 g/mol. The van der Waals surface area contributed by atoms with Gasteiger partial charge in [-0.1, -0.05) is 0 Å². The molecule has 2 heterocycles. The first kappa shape index (κ1) is 14.8. The Morgan fingerprint density at radius 2 is 1.95 bits per heavy atom. The number of rotatable bonds is 7. The fourth-order valence-electron chi connectivity index (χ4n) is 2.03. The normalized spacial score (nSPS) is 14.9. The summed E-state index contributed by atoms with van der Waals surface area (Å²) in [4.78, 5) is 17.4. The lowest BCUT2D eigenvalue weighted by atomic mass is 10.4. The van der Waals surface area contributed by atoms with Crippen molar-refractivity contribution in [1.82, 2.24) is 19.9 Å². The van der Waals surface area contributed by atoms with Crippen LogP contribution in [0.15, 0.2) is 0 Å². The lowest BCUT2D eigenvalue weighted by molar-refractivity contribution is 0.245. The highest BCUT2D eigenvalue weighted by Gasteiger charge is 2.17. The predicted octanol–water partition coefficient (Wildman–Crippen LogP) is 0.844. The van der Waals surface area contributed by atoms with E-state index in [0.717, 1.165) is 26.2 Å². The molecule has 7 heteroatoms. The first-order valence-electron chi connectivity index (χ1n) is 7.21. The van der Waals surface area contributed by atoms with E-state index in [4.69, 9.17) is 4.74 Å². The van der Waals surface area contributed by atoms with Crippen LogP contribution in [0.1, 0.15) is 19.8 Å². The topological polar surface area (TPSA) is 66.4 Å². The Balaban J connectivity index is 2.08. The van der Waals surface area contributed by atoms with Gasteiger partial charge in [0.2, 0.25) is 11.9 Å². The van der Waals surface area contributed by atoms with Gasteiger partial charge in [-0.3, -0.25) is 0 Å². The third-order valence-electron chi connectivity index (χ3n) is 3.10. The minimum Gasteiger partial charge on any atom is -0.462 e. The van der Waals surface area contributed by atoms with Gasteiger partial charge >= 0.3 is 6.01 Å². The molecule has 20 heavy (non-hydrogen) atoms. The fourth-order valence-corrected chi connectivity index (χ4v) is 2.03. The summed E-state index contributed by atoms with van der Waals surface area (Å²) in [6.07, 6.45) is 2.39. The summed E-state index contributed by atoms with van der Waals surface area (Å²) in [5.41, 5.74) is 0. The van der Waals surface area contributed by atoms with Gasteiger partial charge in [0, 0.05) is 26.2 Å². The number of aromatic nitrogens is 3. The second-order valence-electron chi connectivity index (χ2n) is 5.12. The molecule has 0 unspecified atom stereocenters. The quantitative estimate of drug-likeness (QED) is 0.794. The zero-order valence-electron chi connectivity index (χ0n) is 12.6. The van der Waals surface area contributed by atoms with E-state index in [9.17, 15) is 0 Å². The van der Waals surface area contributed by atoms with Gasteiger partial charge in [0.15, 0.2) is 0 Å². The van der Waals surface area contributed by atoms with E-state index in [0.29, 0.717) is 24.5 Å². The smallest absolute Gasteiger partial charge is 0.323 e. The third-order valence-corrected chi connectivity index (χ3v) is 3.10. The van der Waals surface area contributed by atoms with Gasteiger partial charge in [0.05, 0.1) is 0 Å². The summed E-state index contributed by atoms with van der Waals surface area (Å²) in [6, 6.07) is 0.402. The zero-order chi connectivity index (χ0) is 14.4. The van der Waals surface area contributed by atoms with Crippen molar-refractivity contribution in [3.05, 3.63) is 0 Å². The summed E-state index contributed by atoms with van der Waals surface area (Å²) in [7, 11) is 4.02. The van der Waals surface area contributed by atoms with Crippen molar-refractivity contribution in [3.63, 3.8) is 0 Å². The Kier molecular flexibility index (Phi) is 5.34. The maximum atomic E-state index is 5.63. The maximum Gasteiger partial charge on any atom is 0.323 e. The van der Waals surface area contributed by atoms with Gasteiger partial charge < -0.3 is 19.9 Å². The molecule has 1 aliphatic heterocycles. The van der Waals surface area contributed by atoms with Crippen molar-refractivity contribution < 1.29 is 4.74 Å². The molecule has 2 rings (SSSR count). The standard InChI is InChI=1S/C13H24N6O/c1-4-14-11-15-12(19-7-5-6-8-19)17-13(16-11)20-10-9-18(2)3/h4-10H2,1-3H3,(H,14,15,16,17). The fraction of sp³-hybridized carbons (Fsp3) is 0.769. The molecule has 7 nitrogen and oxygen atoms in total. The molecule has 1 N–H and O–H groups in total. The van der Waals surface area contributed by atoms with Gasteiger partial charge in [0.1, 0.15) is 6.61 Å². The van der Waals surface area contributed by atoms with E-state index >= 15 is 0 Å². The molecule has 0 spiro atoms.